The number of nitrogens with one attached hydrogen (secondary N) is 1. The number of rotatable bonds is 8. The minimum Gasteiger partial charge on any atom is -0.493 e. The summed E-state index contributed by atoms with van der Waals surface area (Å²) in [4.78, 5) is 12.1. The number of methoxy groups -OCH3 is 1. The zero-order valence-electron chi connectivity index (χ0n) is 13.7. The van der Waals surface area contributed by atoms with Crippen molar-refractivity contribution in [2.75, 3.05) is 13.7 Å². The Bertz CT molecular complexity index is 694. The number of furan rings is 1. The van der Waals surface area contributed by atoms with Gasteiger partial charge in [-0.15, -0.1) is 0 Å². The van der Waals surface area contributed by atoms with Crippen LogP contribution in [0.2, 0.25) is 0 Å². The van der Waals surface area contributed by atoms with Gasteiger partial charge in [-0.2, -0.15) is 0 Å². The summed E-state index contributed by atoms with van der Waals surface area (Å²) < 4.78 is 16.4. The van der Waals surface area contributed by atoms with Crippen LogP contribution < -0.4 is 20.5 Å². The molecule has 1 atom stereocenters. The Balaban J connectivity index is 1.52. The van der Waals surface area contributed by atoms with Crippen molar-refractivity contribution >= 4 is 5.91 Å². The van der Waals surface area contributed by atoms with Gasteiger partial charge >= 0.3 is 0 Å². The molecule has 1 saturated carbocycles. The number of nitrogens with two attached hydrogens (primary N) is 1. The lowest BCUT2D eigenvalue weighted by Crippen LogP contribution is -2.38. The van der Waals surface area contributed by atoms with Crippen molar-refractivity contribution in [3.8, 4) is 11.5 Å². The Morgan fingerprint density at radius 2 is 2.04 bits per heavy atom. The lowest BCUT2D eigenvalue weighted by Gasteiger charge is -2.10. The smallest absolute Gasteiger partial charge is 0.287 e. The van der Waals surface area contributed by atoms with Gasteiger partial charge in [0.25, 0.3) is 5.91 Å². The summed E-state index contributed by atoms with van der Waals surface area (Å²) in [7, 11) is 1.59. The van der Waals surface area contributed by atoms with Crippen LogP contribution in [0, 0.1) is 5.92 Å². The van der Waals surface area contributed by atoms with Crippen LogP contribution in [-0.2, 0) is 6.61 Å². The first kappa shape index (κ1) is 16.4. The van der Waals surface area contributed by atoms with Gasteiger partial charge in [0, 0.05) is 12.6 Å². The molecule has 1 heterocycles. The molecular weight excluding hydrogens is 308 g/mol. The van der Waals surface area contributed by atoms with Crippen LogP contribution in [0.4, 0.5) is 0 Å². The Morgan fingerprint density at radius 1 is 1.29 bits per heavy atom. The maximum Gasteiger partial charge on any atom is 0.287 e. The molecule has 0 bridgehead atoms. The normalized spacial score (nSPS) is 14.9. The minimum atomic E-state index is -0.255. The molecular formula is C18H22N2O4. The summed E-state index contributed by atoms with van der Waals surface area (Å²) in [6.07, 6.45) is 2.31. The molecule has 2 aromatic rings. The summed E-state index contributed by atoms with van der Waals surface area (Å²) in [6, 6.07) is 10.8. The van der Waals surface area contributed by atoms with E-state index in [1.807, 2.05) is 24.3 Å². The van der Waals surface area contributed by atoms with Crippen LogP contribution in [0.15, 0.2) is 40.8 Å². The van der Waals surface area contributed by atoms with E-state index in [0.29, 0.717) is 29.7 Å². The monoisotopic (exact) mass is 330 g/mol. The molecule has 1 unspecified atom stereocenters. The van der Waals surface area contributed by atoms with Crippen LogP contribution in [0.5, 0.6) is 11.5 Å². The molecule has 3 N–H and O–H groups in total. The number of amides is 1. The zero-order chi connectivity index (χ0) is 16.9. The van der Waals surface area contributed by atoms with Gasteiger partial charge in [-0.1, -0.05) is 12.1 Å². The standard InChI is InChI=1S/C18H22N2O4/c1-22-15-4-2-3-5-16(15)23-11-13-8-9-17(24-13)18(21)20-10-14(19)12-6-7-12/h2-5,8-9,12,14H,6-7,10-11,19H2,1H3,(H,20,21). The molecule has 0 aliphatic heterocycles. The molecule has 3 rings (SSSR count). The molecule has 24 heavy (non-hydrogen) atoms. The molecule has 0 saturated heterocycles. The van der Waals surface area contributed by atoms with Crippen molar-refractivity contribution in [1.29, 1.82) is 0 Å². The third-order valence-corrected chi connectivity index (χ3v) is 4.05. The van der Waals surface area contributed by atoms with E-state index in [1.165, 1.54) is 0 Å². The highest BCUT2D eigenvalue weighted by Gasteiger charge is 2.28. The van der Waals surface area contributed by atoms with Crippen LogP contribution in [0.25, 0.3) is 0 Å². The van der Waals surface area contributed by atoms with E-state index in [2.05, 4.69) is 5.32 Å². The number of ether oxygens (including phenoxy) is 2. The van der Waals surface area contributed by atoms with E-state index in [4.69, 9.17) is 19.6 Å². The molecule has 6 nitrogen and oxygen atoms in total. The molecule has 0 spiro atoms. The Kier molecular flexibility index (Phi) is 5.05. The number of para-hydroxylation sites is 2. The second-order valence-corrected chi connectivity index (χ2v) is 5.92. The second kappa shape index (κ2) is 7.40. The van der Waals surface area contributed by atoms with Gasteiger partial charge in [-0.05, 0) is 43.0 Å². The zero-order valence-corrected chi connectivity index (χ0v) is 13.7. The lowest BCUT2D eigenvalue weighted by atomic mass is 10.2. The van der Waals surface area contributed by atoms with Gasteiger partial charge in [-0.3, -0.25) is 4.79 Å². The largest absolute Gasteiger partial charge is 0.493 e. The topological polar surface area (TPSA) is 86.7 Å². The highest BCUT2D eigenvalue weighted by atomic mass is 16.5. The predicted octanol–water partition coefficient (Wildman–Crippen LogP) is 2.33. The first-order chi connectivity index (χ1) is 11.7. The average molecular weight is 330 g/mol. The third kappa shape index (κ3) is 4.08. The van der Waals surface area contributed by atoms with Crippen molar-refractivity contribution in [2.24, 2.45) is 11.7 Å². The molecule has 1 fully saturated rings. The van der Waals surface area contributed by atoms with Crippen molar-refractivity contribution in [2.45, 2.75) is 25.5 Å². The van der Waals surface area contributed by atoms with Crippen LogP contribution in [0.3, 0.4) is 0 Å². The quantitative estimate of drug-likeness (QED) is 0.776. The Labute approximate surface area is 140 Å². The first-order valence-electron chi connectivity index (χ1n) is 8.05. The molecule has 1 aromatic heterocycles. The molecule has 1 aromatic carbocycles. The van der Waals surface area contributed by atoms with Crippen LogP contribution in [0.1, 0.15) is 29.2 Å². The van der Waals surface area contributed by atoms with Gasteiger partial charge in [0.2, 0.25) is 0 Å². The fourth-order valence-electron chi connectivity index (χ4n) is 2.45. The van der Waals surface area contributed by atoms with Gasteiger partial charge in [0.15, 0.2) is 17.3 Å². The first-order valence-corrected chi connectivity index (χ1v) is 8.05. The molecule has 128 valence electrons. The number of carbonyl (C=O) groups excluding carboxylic acids is 1. The average Bonchev–Trinajstić information content (AvgIpc) is 3.36. The Hall–Kier alpha value is -2.47. The molecule has 1 aliphatic carbocycles. The van der Waals surface area contributed by atoms with E-state index in [9.17, 15) is 4.79 Å². The summed E-state index contributed by atoms with van der Waals surface area (Å²) >= 11 is 0. The molecule has 6 heteroatoms. The van der Waals surface area contributed by atoms with Crippen LogP contribution in [-0.4, -0.2) is 25.6 Å². The van der Waals surface area contributed by atoms with E-state index < -0.39 is 0 Å². The van der Waals surface area contributed by atoms with Gasteiger partial charge in [0.1, 0.15) is 12.4 Å². The SMILES string of the molecule is COc1ccccc1OCc1ccc(C(=O)NCC(N)C2CC2)o1. The molecule has 1 amide bonds. The van der Waals surface area contributed by atoms with E-state index in [1.54, 1.807) is 19.2 Å². The second-order valence-electron chi connectivity index (χ2n) is 5.92. The van der Waals surface area contributed by atoms with Gasteiger partial charge < -0.3 is 24.9 Å². The number of hydrogen-bond acceptors (Lipinski definition) is 5. The maximum atomic E-state index is 12.1. The summed E-state index contributed by atoms with van der Waals surface area (Å²) in [5.41, 5.74) is 5.97. The Morgan fingerprint density at radius 3 is 2.75 bits per heavy atom. The number of benzene rings is 1. The van der Waals surface area contributed by atoms with Crippen LogP contribution >= 0.6 is 0 Å². The third-order valence-electron chi connectivity index (χ3n) is 4.05. The molecule has 0 radical (unpaired) electrons. The maximum absolute atomic E-state index is 12.1. The molecule has 1 aliphatic rings. The summed E-state index contributed by atoms with van der Waals surface area (Å²) in [5.74, 6) is 2.39. The van der Waals surface area contributed by atoms with Gasteiger partial charge in [0.05, 0.1) is 7.11 Å². The van der Waals surface area contributed by atoms with Crippen molar-refractivity contribution in [3.63, 3.8) is 0 Å². The highest BCUT2D eigenvalue weighted by Crippen LogP contribution is 2.31. The highest BCUT2D eigenvalue weighted by molar-refractivity contribution is 5.91. The number of hydrogen-bond donors (Lipinski definition) is 2. The van der Waals surface area contributed by atoms with E-state index in [-0.39, 0.29) is 24.3 Å². The van der Waals surface area contributed by atoms with Crippen molar-refractivity contribution in [1.82, 2.24) is 5.32 Å². The summed E-state index contributed by atoms with van der Waals surface area (Å²) in [5, 5.41) is 2.81. The van der Waals surface area contributed by atoms with Gasteiger partial charge in [-0.25, -0.2) is 0 Å². The van der Waals surface area contributed by atoms with E-state index in [0.717, 1.165) is 12.8 Å². The summed E-state index contributed by atoms with van der Waals surface area (Å²) in [6.45, 7) is 0.687. The fourth-order valence-corrected chi connectivity index (χ4v) is 2.45. The fraction of sp³-hybridized carbons (Fsp3) is 0.389. The minimum absolute atomic E-state index is 0.0252. The predicted molar refractivity (Wildman–Crippen MR) is 89.1 cm³/mol. The number of carbonyl (C=O) groups is 1. The van der Waals surface area contributed by atoms with Crippen molar-refractivity contribution in [3.05, 3.63) is 47.9 Å². The van der Waals surface area contributed by atoms with Crippen molar-refractivity contribution < 1.29 is 18.7 Å². The van der Waals surface area contributed by atoms with E-state index >= 15 is 0 Å². The lowest BCUT2D eigenvalue weighted by molar-refractivity contribution is 0.0918.